The maximum atomic E-state index is 11.1. The Morgan fingerprint density at radius 2 is 1.70 bits per heavy atom. The van der Waals surface area contributed by atoms with Crippen LogP contribution in [0, 0.1) is 0 Å². The first-order chi connectivity index (χ1) is 9.27. The van der Waals surface area contributed by atoms with Crippen LogP contribution in [0.5, 0.6) is 11.6 Å². The number of primary sulfonamides is 1. The van der Waals surface area contributed by atoms with Crippen molar-refractivity contribution < 1.29 is 13.2 Å². The van der Waals surface area contributed by atoms with Crippen molar-refractivity contribution in [2.45, 2.75) is 4.90 Å². The fourth-order valence-corrected chi connectivity index (χ4v) is 2.32. The molecular weight excluding hydrogens is 347 g/mol. The molecule has 0 unspecified atom stereocenters. The number of hydrogen-bond donors (Lipinski definition) is 1. The molecule has 1 aromatic heterocycles. The zero-order valence-corrected chi connectivity index (χ0v) is 12.8. The molecule has 2 aromatic rings. The summed E-state index contributed by atoms with van der Waals surface area (Å²) in [7, 11) is -3.80. The number of sulfonamides is 1. The average Bonchev–Trinajstić information content (AvgIpc) is 2.35. The van der Waals surface area contributed by atoms with Crippen LogP contribution >= 0.6 is 34.8 Å². The van der Waals surface area contributed by atoms with E-state index in [1.54, 1.807) is 0 Å². The van der Waals surface area contributed by atoms with E-state index in [1.807, 2.05) is 0 Å². The quantitative estimate of drug-likeness (QED) is 0.856. The molecule has 0 aliphatic carbocycles. The van der Waals surface area contributed by atoms with Gasteiger partial charge >= 0.3 is 0 Å². The Morgan fingerprint density at radius 3 is 2.25 bits per heavy atom. The third-order valence-corrected chi connectivity index (χ3v) is 4.14. The minimum absolute atomic E-state index is 0.120. The van der Waals surface area contributed by atoms with Gasteiger partial charge in [0, 0.05) is 12.1 Å². The number of nitrogens with two attached hydrogens (primary N) is 1. The Hall–Kier alpha value is -1.05. The number of halogens is 3. The molecule has 9 heteroatoms. The molecule has 5 nitrogen and oxygen atoms in total. The second kappa shape index (κ2) is 5.75. The maximum Gasteiger partial charge on any atom is 0.239 e. The standard InChI is InChI=1S/C11H7Cl3N2O3S/c12-7-3-9(14)10(4-8(7)13)19-11-2-1-6(5-16-11)20(15,17)18/h1-5H,(H2,15,17,18). The molecule has 0 aliphatic heterocycles. The van der Waals surface area contributed by atoms with Gasteiger partial charge in [-0.05, 0) is 12.1 Å². The predicted molar refractivity (Wildman–Crippen MR) is 77.2 cm³/mol. The molecule has 0 amide bonds. The van der Waals surface area contributed by atoms with Gasteiger partial charge in [-0.15, -0.1) is 0 Å². The van der Waals surface area contributed by atoms with E-state index in [9.17, 15) is 8.42 Å². The predicted octanol–water partition coefficient (Wildman–Crippen LogP) is 3.48. The number of pyridine rings is 1. The zero-order valence-electron chi connectivity index (χ0n) is 9.68. The molecule has 0 fully saturated rings. The van der Waals surface area contributed by atoms with Crippen LogP contribution in [0.15, 0.2) is 35.4 Å². The summed E-state index contributed by atoms with van der Waals surface area (Å²) < 4.78 is 27.6. The topological polar surface area (TPSA) is 82.3 Å². The third kappa shape index (κ3) is 3.53. The van der Waals surface area contributed by atoms with Crippen LogP contribution in [0.3, 0.4) is 0 Å². The molecule has 2 rings (SSSR count). The summed E-state index contributed by atoms with van der Waals surface area (Å²) in [5.74, 6) is 0.384. The van der Waals surface area contributed by atoms with E-state index in [2.05, 4.69) is 4.98 Å². The van der Waals surface area contributed by atoms with Gasteiger partial charge < -0.3 is 4.74 Å². The lowest BCUT2D eigenvalue weighted by Crippen LogP contribution is -2.12. The first-order valence-corrected chi connectivity index (χ1v) is 7.76. The van der Waals surface area contributed by atoms with Crippen molar-refractivity contribution in [3.63, 3.8) is 0 Å². The molecule has 0 radical (unpaired) electrons. The summed E-state index contributed by atoms with van der Waals surface area (Å²) in [6.45, 7) is 0. The Morgan fingerprint density at radius 1 is 1.05 bits per heavy atom. The largest absolute Gasteiger partial charge is 0.437 e. The lowest BCUT2D eigenvalue weighted by molar-refractivity contribution is 0.462. The highest BCUT2D eigenvalue weighted by Gasteiger charge is 2.11. The molecule has 20 heavy (non-hydrogen) atoms. The minimum atomic E-state index is -3.80. The van der Waals surface area contributed by atoms with Crippen LogP contribution in [0.2, 0.25) is 15.1 Å². The van der Waals surface area contributed by atoms with Crippen LogP contribution in [-0.4, -0.2) is 13.4 Å². The molecule has 1 heterocycles. The summed E-state index contributed by atoms with van der Waals surface area (Å²) in [4.78, 5) is 3.70. The van der Waals surface area contributed by atoms with E-state index in [4.69, 9.17) is 44.7 Å². The van der Waals surface area contributed by atoms with E-state index in [0.717, 1.165) is 6.20 Å². The lowest BCUT2D eigenvalue weighted by atomic mass is 10.3. The van der Waals surface area contributed by atoms with Gasteiger partial charge in [0.2, 0.25) is 15.9 Å². The maximum absolute atomic E-state index is 11.1. The number of aromatic nitrogens is 1. The van der Waals surface area contributed by atoms with Gasteiger partial charge in [-0.3, -0.25) is 0 Å². The SMILES string of the molecule is NS(=O)(=O)c1ccc(Oc2cc(Cl)c(Cl)cc2Cl)nc1. The Bertz CT molecular complexity index is 748. The van der Waals surface area contributed by atoms with Gasteiger partial charge in [-0.1, -0.05) is 34.8 Å². The molecule has 1 aromatic carbocycles. The Labute approximate surface area is 130 Å². The second-order valence-corrected chi connectivity index (χ2v) is 6.46. The number of hydrogen-bond acceptors (Lipinski definition) is 4. The van der Waals surface area contributed by atoms with E-state index in [-0.39, 0.29) is 26.6 Å². The summed E-state index contributed by atoms with van der Waals surface area (Å²) in [6, 6.07) is 5.47. The van der Waals surface area contributed by atoms with E-state index in [1.165, 1.54) is 24.3 Å². The molecule has 0 bridgehead atoms. The Balaban J connectivity index is 2.29. The number of ether oxygens (including phenoxy) is 1. The van der Waals surface area contributed by atoms with Crippen molar-refractivity contribution in [3.8, 4) is 11.6 Å². The first kappa shape index (κ1) is 15.3. The van der Waals surface area contributed by atoms with Gasteiger partial charge in [0.25, 0.3) is 0 Å². The molecule has 0 spiro atoms. The van der Waals surface area contributed by atoms with Gasteiger partial charge in [0.1, 0.15) is 10.6 Å². The highest BCUT2D eigenvalue weighted by Crippen LogP contribution is 2.35. The molecule has 0 atom stereocenters. The highest BCUT2D eigenvalue weighted by atomic mass is 35.5. The number of nitrogens with zero attached hydrogens (tertiary/aromatic N) is 1. The van der Waals surface area contributed by atoms with Gasteiger partial charge in [0.15, 0.2) is 0 Å². The van der Waals surface area contributed by atoms with Gasteiger partial charge in [0.05, 0.1) is 21.3 Å². The molecule has 0 saturated carbocycles. The van der Waals surface area contributed by atoms with Crippen molar-refractivity contribution in [3.05, 3.63) is 45.5 Å². The van der Waals surface area contributed by atoms with E-state index in [0.29, 0.717) is 5.02 Å². The van der Waals surface area contributed by atoms with Crippen LogP contribution in [0.4, 0.5) is 0 Å². The van der Waals surface area contributed by atoms with E-state index >= 15 is 0 Å². The van der Waals surface area contributed by atoms with Crippen LogP contribution in [0.1, 0.15) is 0 Å². The third-order valence-electron chi connectivity index (χ3n) is 2.23. The summed E-state index contributed by atoms with van der Waals surface area (Å²) >= 11 is 17.6. The minimum Gasteiger partial charge on any atom is -0.437 e. The normalized spacial score (nSPS) is 11.4. The summed E-state index contributed by atoms with van der Waals surface area (Å²) in [5, 5.41) is 5.77. The van der Waals surface area contributed by atoms with Crippen molar-refractivity contribution in [1.29, 1.82) is 0 Å². The first-order valence-electron chi connectivity index (χ1n) is 5.08. The van der Waals surface area contributed by atoms with Crippen LogP contribution in [-0.2, 0) is 10.0 Å². The molecule has 106 valence electrons. The highest BCUT2D eigenvalue weighted by molar-refractivity contribution is 7.89. The van der Waals surface area contributed by atoms with E-state index < -0.39 is 10.0 Å². The van der Waals surface area contributed by atoms with Crippen LogP contribution < -0.4 is 9.88 Å². The van der Waals surface area contributed by atoms with Crippen molar-refractivity contribution >= 4 is 44.8 Å². The van der Waals surface area contributed by atoms with Crippen LogP contribution in [0.25, 0.3) is 0 Å². The Kier molecular flexibility index (Phi) is 4.41. The molecular formula is C11H7Cl3N2O3S. The fourth-order valence-electron chi connectivity index (χ4n) is 1.29. The second-order valence-electron chi connectivity index (χ2n) is 3.68. The van der Waals surface area contributed by atoms with Gasteiger partial charge in [-0.25, -0.2) is 18.5 Å². The number of benzene rings is 1. The smallest absolute Gasteiger partial charge is 0.239 e. The van der Waals surface area contributed by atoms with Crippen molar-refractivity contribution in [1.82, 2.24) is 4.98 Å². The average molecular weight is 354 g/mol. The monoisotopic (exact) mass is 352 g/mol. The molecule has 0 saturated heterocycles. The van der Waals surface area contributed by atoms with Crippen molar-refractivity contribution in [2.75, 3.05) is 0 Å². The summed E-state index contributed by atoms with van der Waals surface area (Å²) in [5.41, 5.74) is 0. The van der Waals surface area contributed by atoms with Gasteiger partial charge in [-0.2, -0.15) is 0 Å². The lowest BCUT2D eigenvalue weighted by Gasteiger charge is -2.08. The molecule has 0 aliphatic rings. The summed E-state index contributed by atoms with van der Waals surface area (Å²) in [6.07, 6.45) is 1.08. The number of rotatable bonds is 3. The zero-order chi connectivity index (χ0) is 14.9. The van der Waals surface area contributed by atoms with Crippen molar-refractivity contribution in [2.24, 2.45) is 5.14 Å². The fraction of sp³-hybridized carbons (Fsp3) is 0. The molecule has 2 N–H and O–H groups in total.